The first-order valence-corrected chi connectivity index (χ1v) is 11.8. The quantitative estimate of drug-likeness (QED) is 0.333. The third kappa shape index (κ3) is 3.97. The molecule has 3 heterocycles. The minimum absolute atomic E-state index is 0.0729. The number of aryl methyl sites for hydroxylation is 3. The maximum atomic E-state index is 13.8. The molecule has 2 amide bonds. The van der Waals surface area contributed by atoms with Gasteiger partial charge in [0.25, 0.3) is 17.2 Å². The lowest BCUT2D eigenvalue weighted by molar-refractivity contribution is -0.577. The molecule has 180 valence electrons. The highest BCUT2D eigenvalue weighted by atomic mass is 35.5. The van der Waals surface area contributed by atoms with Crippen LogP contribution in [0.5, 0.6) is 0 Å². The zero-order valence-corrected chi connectivity index (χ0v) is 20.8. The molecule has 5 rings (SSSR count). The highest BCUT2D eigenvalue weighted by Gasteiger charge is 2.47. The molecule has 7 nitrogen and oxygen atoms in total. The second kappa shape index (κ2) is 9.09. The molecule has 0 radical (unpaired) electrons. The molecule has 2 aromatic heterocycles. The number of benzene rings is 2. The summed E-state index contributed by atoms with van der Waals surface area (Å²) >= 11 is 6.14. The lowest BCUT2D eigenvalue weighted by Gasteiger charge is -2.13. The Kier molecular flexibility index (Phi) is 5.94. The first-order valence-electron chi connectivity index (χ1n) is 11.5. The van der Waals surface area contributed by atoms with E-state index in [9.17, 15) is 14.4 Å². The van der Waals surface area contributed by atoms with Gasteiger partial charge < -0.3 is 0 Å². The summed E-state index contributed by atoms with van der Waals surface area (Å²) < 4.78 is 2.97. The number of imide groups is 1. The van der Waals surface area contributed by atoms with Gasteiger partial charge in [0.2, 0.25) is 0 Å². The van der Waals surface area contributed by atoms with Gasteiger partial charge in [-0.3, -0.25) is 24.4 Å². The minimum Gasteiger partial charge on any atom is -0.295 e. The van der Waals surface area contributed by atoms with Crippen molar-refractivity contribution < 1.29 is 14.2 Å². The van der Waals surface area contributed by atoms with Gasteiger partial charge in [-0.2, -0.15) is 4.57 Å². The average Bonchev–Trinajstić information content (AvgIpc) is 3.28. The molecule has 8 heteroatoms. The Balaban J connectivity index is 1.71. The van der Waals surface area contributed by atoms with Gasteiger partial charge in [0, 0.05) is 22.3 Å². The van der Waals surface area contributed by atoms with Crippen LogP contribution in [-0.2, 0) is 16.1 Å². The van der Waals surface area contributed by atoms with E-state index < -0.39 is 17.4 Å². The van der Waals surface area contributed by atoms with Crippen molar-refractivity contribution in [3.8, 4) is 5.69 Å². The van der Waals surface area contributed by atoms with E-state index in [1.807, 2.05) is 50.2 Å². The van der Waals surface area contributed by atoms with Crippen LogP contribution in [0.25, 0.3) is 17.0 Å². The lowest BCUT2D eigenvalue weighted by atomic mass is 10.0. The van der Waals surface area contributed by atoms with Crippen LogP contribution >= 0.6 is 11.6 Å². The number of rotatable bonds is 5. The number of carbonyl (C=O) groups is 2. The zero-order valence-electron chi connectivity index (χ0n) is 20.1. The fourth-order valence-electron chi connectivity index (χ4n) is 4.39. The van der Waals surface area contributed by atoms with E-state index in [0.29, 0.717) is 16.4 Å². The van der Waals surface area contributed by atoms with Gasteiger partial charge >= 0.3 is 5.91 Å². The fourth-order valence-corrected chi connectivity index (χ4v) is 4.58. The third-order valence-electron chi connectivity index (χ3n) is 6.41. The molecule has 0 atom stereocenters. The van der Waals surface area contributed by atoms with Crippen LogP contribution in [0.3, 0.4) is 0 Å². The van der Waals surface area contributed by atoms with Gasteiger partial charge in [-0.15, -0.1) is 0 Å². The molecule has 2 aromatic carbocycles. The first-order chi connectivity index (χ1) is 17.3. The normalized spacial score (nSPS) is 13.7. The summed E-state index contributed by atoms with van der Waals surface area (Å²) in [5, 5.41) is 3.52. The fraction of sp³-hybridized carbons (Fsp3) is 0.143. The van der Waals surface area contributed by atoms with Crippen molar-refractivity contribution in [1.82, 2.24) is 14.7 Å². The number of H-pyrrole nitrogens is 1. The number of hydrogen-bond donors (Lipinski definition) is 1. The Labute approximate surface area is 212 Å². The highest BCUT2D eigenvalue weighted by Crippen LogP contribution is 2.31. The van der Waals surface area contributed by atoms with Crippen molar-refractivity contribution >= 4 is 34.7 Å². The Hall–Kier alpha value is -4.23. The average molecular weight is 500 g/mol. The molecule has 1 N–H and O–H groups in total. The molecule has 4 aromatic rings. The van der Waals surface area contributed by atoms with Gasteiger partial charge in [0.1, 0.15) is 5.57 Å². The Morgan fingerprint density at radius 2 is 1.64 bits per heavy atom. The standard InChI is InChI=1S/C28H23ClN4O3/c1-17-12-13-31(15-18(17)2)25-24(26(34)32(28(25)36)16-20-8-5-4-6-9-20)23-19(3)30-33(27(23)35)22-11-7-10-21(29)14-22/h4-15H,16H2,1-3H3/p+1. The maximum Gasteiger partial charge on any atom is 0.327 e. The Morgan fingerprint density at radius 3 is 2.33 bits per heavy atom. The number of halogens is 1. The van der Waals surface area contributed by atoms with E-state index >= 15 is 0 Å². The van der Waals surface area contributed by atoms with Crippen molar-refractivity contribution in [2.45, 2.75) is 27.3 Å². The number of aromatic nitrogens is 3. The highest BCUT2D eigenvalue weighted by molar-refractivity contribution is 6.44. The molecule has 0 fully saturated rings. The van der Waals surface area contributed by atoms with Crippen molar-refractivity contribution in [3.63, 3.8) is 0 Å². The Bertz CT molecular complexity index is 1620. The number of hydrogen-bond acceptors (Lipinski definition) is 3. The predicted octanol–water partition coefficient (Wildman–Crippen LogP) is 3.97. The van der Waals surface area contributed by atoms with E-state index in [1.165, 1.54) is 9.58 Å². The molecule has 0 spiro atoms. The zero-order chi connectivity index (χ0) is 25.6. The SMILES string of the molecule is Cc1cc[n+](C2=C(c3c(C)[nH]n(-c4cccc(Cl)c4)c3=O)C(=O)N(Cc3ccccc3)C2=O)cc1C. The van der Waals surface area contributed by atoms with Crippen LogP contribution in [0.2, 0.25) is 5.02 Å². The van der Waals surface area contributed by atoms with Crippen LogP contribution < -0.4 is 10.1 Å². The number of nitrogens with zero attached hydrogens (tertiary/aromatic N) is 3. The maximum absolute atomic E-state index is 13.8. The van der Waals surface area contributed by atoms with Crippen LogP contribution in [0.4, 0.5) is 0 Å². The second-order valence-corrected chi connectivity index (χ2v) is 9.29. The largest absolute Gasteiger partial charge is 0.327 e. The van der Waals surface area contributed by atoms with Crippen molar-refractivity contribution in [2.75, 3.05) is 0 Å². The van der Waals surface area contributed by atoms with Crippen molar-refractivity contribution in [1.29, 1.82) is 0 Å². The first kappa shape index (κ1) is 23.5. The smallest absolute Gasteiger partial charge is 0.295 e. The summed E-state index contributed by atoms with van der Waals surface area (Å²) in [6, 6.07) is 18.0. The van der Waals surface area contributed by atoms with Gasteiger partial charge in [-0.25, -0.2) is 4.68 Å². The lowest BCUT2D eigenvalue weighted by Crippen LogP contribution is -2.39. The molecule has 0 saturated carbocycles. The van der Waals surface area contributed by atoms with Gasteiger partial charge in [-0.05, 0) is 50.1 Å². The van der Waals surface area contributed by atoms with Crippen LogP contribution in [0, 0.1) is 20.8 Å². The van der Waals surface area contributed by atoms with E-state index in [4.69, 9.17) is 11.6 Å². The molecule has 0 saturated heterocycles. The molecule has 0 aliphatic carbocycles. The van der Waals surface area contributed by atoms with Crippen LogP contribution in [0.15, 0.2) is 77.9 Å². The predicted molar refractivity (Wildman–Crippen MR) is 137 cm³/mol. The molecule has 0 unspecified atom stereocenters. The van der Waals surface area contributed by atoms with Gasteiger partial charge in [-0.1, -0.05) is 48.0 Å². The summed E-state index contributed by atoms with van der Waals surface area (Å²) in [6.45, 7) is 5.72. The number of nitrogens with one attached hydrogen (secondary N) is 1. The number of amides is 2. The van der Waals surface area contributed by atoms with Crippen LogP contribution in [-0.4, -0.2) is 26.5 Å². The summed E-state index contributed by atoms with van der Waals surface area (Å²) in [6.07, 6.45) is 3.55. The van der Waals surface area contributed by atoms with E-state index in [2.05, 4.69) is 5.10 Å². The number of pyridine rings is 1. The van der Waals surface area contributed by atoms with E-state index in [1.54, 1.807) is 48.1 Å². The monoisotopic (exact) mass is 499 g/mol. The van der Waals surface area contributed by atoms with E-state index in [-0.39, 0.29) is 23.4 Å². The molecular formula is C28H24ClN4O3+. The number of carbonyl (C=O) groups excluding carboxylic acids is 2. The molecule has 1 aliphatic rings. The second-order valence-electron chi connectivity index (χ2n) is 8.86. The Morgan fingerprint density at radius 1 is 0.889 bits per heavy atom. The molecule has 1 aliphatic heterocycles. The minimum atomic E-state index is -0.512. The molecule has 0 bridgehead atoms. The van der Waals surface area contributed by atoms with Crippen molar-refractivity contribution in [3.05, 3.63) is 116 Å². The van der Waals surface area contributed by atoms with Crippen molar-refractivity contribution in [2.24, 2.45) is 0 Å². The van der Waals surface area contributed by atoms with Gasteiger partial charge in [0.15, 0.2) is 12.4 Å². The summed E-state index contributed by atoms with van der Waals surface area (Å²) in [7, 11) is 0. The topological polar surface area (TPSA) is 79.1 Å². The van der Waals surface area contributed by atoms with Crippen LogP contribution in [0.1, 0.15) is 27.9 Å². The third-order valence-corrected chi connectivity index (χ3v) is 6.65. The van der Waals surface area contributed by atoms with Gasteiger partial charge in [0.05, 0.1) is 17.8 Å². The molecule has 36 heavy (non-hydrogen) atoms. The number of aromatic amines is 1. The summed E-state index contributed by atoms with van der Waals surface area (Å²) in [5.74, 6) is -0.969. The summed E-state index contributed by atoms with van der Waals surface area (Å²) in [5.41, 5.74) is 3.76. The molecular weight excluding hydrogens is 476 g/mol. The summed E-state index contributed by atoms with van der Waals surface area (Å²) in [4.78, 5) is 42.4. The van der Waals surface area contributed by atoms with E-state index in [0.717, 1.165) is 16.7 Å².